The van der Waals surface area contributed by atoms with Gasteiger partial charge in [0.2, 0.25) is 5.91 Å². The van der Waals surface area contributed by atoms with Crippen LogP contribution in [0.3, 0.4) is 0 Å². The van der Waals surface area contributed by atoms with Gasteiger partial charge in [-0.1, -0.05) is 0 Å². The highest BCUT2D eigenvalue weighted by molar-refractivity contribution is 5.85. The minimum Gasteiger partial charge on any atom is -0.379 e. The molecule has 1 saturated carbocycles. The number of hydrogen-bond acceptors (Lipinski definition) is 3. The Hall–Kier alpha value is -0.820. The van der Waals surface area contributed by atoms with E-state index in [-0.39, 0.29) is 25.6 Å². The van der Waals surface area contributed by atoms with Crippen molar-refractivity contribution in [2.45, 2.75) is 37.4 Å². The van der Waals surface area contributed by atoms with Crippen molar-refractivity contribution in [1.82, 2.24) is 0 Å². The predicted molar refractivity (Wildman–Crippen MR) is 54.9 cm³/mol. The standard InChI is InChI=1S/C10H17F3N2O2/c11-10(12,13)4-1-5-17-6-9(15,8(14)16)7-2-3-7/h7H,1-6,15H2,(H2,14,16). The van der Waals surface area contributed by atoms with Crippen LogP contribution in [0.25, 0.3) is 0 Å². The normalized spacial score (nSPS) is 20.0. The number of hydrogen-bond donors (Lipinski definition) is 2. The average molecular weight is 254 g/mol. The molecule has 0 heterocycles. The van der Waals surface area contributed by atoms with Gasteiger partial charge < -0.3 is 16.2 Å². The van der Waals surface area contributed by atoms with E-state index < -0.39 is 24.0 Å². The number of ether oxygens (including phenoxy) is 1. The van der Waals surface area contributed by atoms with Gasteiger partial charge in [-0.15, -0.1) is 0 Å². The molecule has 0 spiro atoms. The first kappa shape index (κ1) is 14.2. The van der Waals surface area contributed by atoms with Crippen LogP contribution in [-0.4, -0.2) is 30.8 Å². The number of halogens is 3. The lowest BCUT2D eigenvalue weighted by molar-refractivity contribution is -0.139. The molecule has 100 valence electrons. The van der Waals surface area contributed by atoms with Gasteiger partial charge in [0.25, 0.3) is 0 Å². The van der Waals surface area contributed by atoms with E-state index in [1.54, 1.807) is 0 Å². The summed E-state index contributed by atoms with van der Waals surface area (Å²) >= 11 is 0. The number of primary amides is 1. The van der Waals surface area contributed by atoms with Crippen molar-refractivity contribution in [3.63, 3.8) is 0 Å². The zero-order valence-electron chi connectivity index (χ0n) is 9.43. The highest BCUT2D eigenvalue weighted by Crippen LogP contribution is 2.38. The van der Waals surface area contributed by atoms with Crippen molar-refractivity contribution < 1.29 is 22.7 Å². The molecule has 0 aromatic rings. The molecular formula is C10H17F3N2O2. The van der Waals surface area contributed by atoms with Crippen molar-refractivity contribution in [1.29, 1.82) is 0 Å². The summed E-state index contributed by atoms with van der Waals surface area (Å²) in [5, 5.41) is 0. The van der Waals surface area contributed by atoms with Crippen molar-refractivity contribution in [2.24, 2.45) is 17.4 Å². The Labute approximate surface area is 97.5 Å². The Kier molecular flexibility index (Phi) is 4.37. The number of carbonyl (C=O) groups is 1. The van der Waals surface area contributed by atoms with E-state index in [0.29, 0.717) is 0 Å². The van der Waals surface area contributed by atoms with Crippen molar-refractivity contribution >= 4 is 5.91 Å². The minimum absolute atomic E-state index is 0.00242. The molecule has 1 unspecified atom stereocenters. The van der Waals surface area contributed by atoms with Crippen LogP contribution in [-0.2, 0) is 9.53 Å². The highest BCUT2D eigenvalue weighted by atomic mass is 19.4. The maximum absolute atomic E-state index is 11.8. The van der Waals surface area contributed by atoms with Crippen molar-refractivity contribution in [2.75, 3.05) is 13.2 Å². The van der Waals surface area contributed by atoms with Crippen LogP contribution < -0.4 is 11.5 Å². The third-order valence-electron chi connectivity index (χ3n) is 2.85. The zero-order valence-corrected chi connectivity index (χ0v) is 9.43. The topological polar surface area (TPSA) is 78.3 Å². The monoisotopic (exact) mass is 254 g/mol. The fraction of sp³-hybridized carbons (Fsp3) is 0.900. The lowest BCUT2D eigenvalue weighted by Crippen LogP contribution is -2.57. The quantitative estimate of drug-likeness (QED) is 0.664. The lowest BCUT2D eigenvalue weighted by atomic mass is 9.95. The number of alkyl halides is 3. The second-order valence-corrected chi connectivity index (χ2v) is 4.45. The van der Waals surface area contributed by atoms with Crippen LogP contribution in [0.4, 0.5) is 13.2 Å². The summed E-state index contributed by atoms with van der Waals surface area (Å²) < 4.78 is 40.5. The number of nitrogens with two attached hydrogens (primary N) is 2. The smallest absolute Gasteiger partial charge is 0.379 e. The summed E-state index contributed by atoms with van der Waals surface area (Å²) in [6, 6.07) is 0. The van der Waals surface area contributed by atoms with Gasteiger partial charge in [0, 0.05) is 13.0 Å². The Bertz CT molecular complexity index is 279. The second-order valence-electron chi connectivity index (χ2n) is 4.45. The zero-order chi connectivity index (χ0) is 13.1. The number of carbonyl (C=O) groups excluding carboxylic acids is 1. The first-order valence-corrected chi connectivity index (χ1v) is 5.49. The van der Waals surface area contributed by atoms with Gasteiger partial charge in [0.15, 0.2) is 0 Å². The molecule has 1 rings (SSSR count). The van der Waals surface area contributed by atoms with Crippen LogP contribution in [0.2, 0.25) is 0 Å². The maximum atomic E-state index is 11.8. The van der Waals surface area contributed by atoms with E-state index in [2.05, 4.69) is 0 Å². The molecule has 1 amide bonds. The summed E-state index contributed by atoms with van der Waals surface area (Å²) in [5.74, 6) is -0.654. The van der Waals surface area contributed by atoms with E-state index in [0.717, 1.165) is 12.8 Å². The molecule has 1 aliphatic rings. The summed E-state index contributed by atoms with van der Waals surface area (Å²) in [6.07, 6.45) is -3.59. The molecule has 0 radical (unpaired) electrons. The molecule has 7 heteroatoms. The molecule has 17 heavy (non-hydrogen) atoms. The molecule has 4 N–H and O–H groups in total. The molecule has 0 aromatic heterocycles. The van der Waals surface area contributed by atoms with Crippen molar-refractivity contribution in [3.05, 3.63) is 0 Å². The van der Waals surface area contributed by atoms with Gasteiger partial charge in [0.05, 0.1) is 6.61 Å². The molecule has 1 atom stereocenters. The molecule has 0 aliphatic heterocycles. The van der Waals surface area contributed by atoms with Crippen LogP contribution in [0.5, 0.6) is 0 Å². The second kappa shape index (κ2) is 5.22. The van der Waals surface area contributed by atoms with Gasteiger partial charge in [-0.3, -0.25) is 4.79 Å². The molecule has 0 bridgehead atoms. The van der Waals surface area contributed by atoms with Gasteiger partial charge in [0.1, 0.15) is 5.54 Å². The van der Waals surface area contributed by atoms with Crippen LogP contribution >= 0.6 is 0 Å². The summed E-state index contributed by atoms with van der Waals surface area (Å²) in [7, 11) is 0. The Balaban J connectivity index is 2.22. The largest absolute Gasteiger partial charge is 0.389 e. The Morgan fingerprint density at radius 3 is 2.35 bits per heavy atom. The van der Waals surface area contributed by atoms with Crippen molar-refractivity contribution in [3.8, 4) is 0 Å². The van der Waals surface area contributed by atoms with Crippen LogP contribution in [0.1, 0.15) is 25.7 Å². The first-order chi connectivity index (χ1) is 7.76. The van der Waals surface area contributed by atoms with E-state index in [1.165, 1.54) is 0 Å². The Morgan fingerprint density at radius 1 is 1.35 bits per heavy atom. The molecule has 4 nitrogen and oxygen atoms in total. The molecule has 1 fully saturated rings. The first-order valence-electron chi connectivity index (χ1n) is 5.49. The predicted octanol–water partition coefficient (Wildman–Crippen LogP) is 0.938. The van der Waals surface area contributed by atoms with Gasteiger partial charge in [-0.05, 0) is 25.2 Å². The van der Waals surface area contributed by atoms with Gasteiger partial charge in [-0.2, -0.15) is 13.2 Å². The van der Waals surface area contributed by atoms with E-state index in [1.807, 2.05) is 0 Å². The summed E-state index contributed by atoms with van der Waals surface area (Å²) in [5.41, 5.74) is 9.74. The number of amides is 1. The minimum atomic E-state index is -4.18. The maximum Gasteiger partial charge on any atom is 0.389 e. The van der Waals surface area contributed by atoms with Crippen LogP contribution in [0, 0.1) is 5.92 Å². The molecular weight excluding hydrogens is 237 g/mol. The third kappa shape index (κ3) is 4.51. The Morgan fingerprint density at radius 2 is 1.94 bits per heavy atom. The third-order valence-corrected chi connectivity index (χ3v) is 2.85. The lowest BCUT2D eigenvalue weighted by Gasteiger charge is -2.25. The van der Waals surface area contributed by atoms with E-state index in [9.17, 15) is 18.0 Å². The average Bonchev–Trinajstić information content (AvgIpc) is 2.97. The molecule has 1 aliphatic carbocycles. The van der Waals surface area contributed by atoms with Crippen LogP contribution in [0.15, 0.2) is 0 Å². The molecule has 0 aromatic carbocycles. The van der Waals surface area contributed by atoms with Gasteiger partial charge >= 0.3 is 6.18 Å². The summed E-state index contributed by atoms with van der Waals surface area (Å²) in [4.78, 5) is 11.2. The fourth-order valence-electron chi connectivity index (χ4n) is 1.60. The SMILES string of the molecule is NC(=O)C(N)(COCCCC(F)(F)F)C1CC1. The highest BCUT2D eigenvalue weighted by Gasteiger charge is 2.47. The molecule has 0 saturated heterocycles. The van der Waals surface area contributed by atoms with E-state index in [4.69, 9.17) is 16.2 Å². The van der Waals surface area contributed by atoms with E-state index >= 15 is 0 Å². The summed E-state index contributed by atoms with van der Waals surface area (Å²) in [6.45, 7) is -0.177. The fourth-order valence-corrected chi connectivity index (χ4v) is 1.60. The van der Waals surface area contributed by atoms with Gasteiger partial charge in [-0.25, -0.2) is 0 Å². The number of rotatable bonds is 7.